The SMILES string of the molecule is COc1cc(N2CCCC(C)C2C(=O)O)ccn1. The van der Waals surface area contributed by atoms with Crippen molar-refractivity contribution in [1.82, 2.24) is 4.98 Å². The fraction of sp³-hybridized carbons (Fsp3) is 0.538. The number of hydrogen-bond acceptors (Lipinski definition) is 4. The van der Waals surface area contributed by atoms with E-state index >= 15 is 0 Å². The lowest BCUT2D eigenvalue weighted by Crippen LogP contribution is -2.49. The zero-order valence-electron chi connectivity index (χ0n) is 10.7. The monoisotopic (exact) mass is 250 g/mol. The molecular formula is C13H18N2O3. The summed E-state index contributed by atoms with van der Waals surface area (Å²) in [7, 11) is 1.56. The quantitative estimate of drug-likeness (QED) is 0.886. The van der Waals surface area contributed by atoms with Crippen molar-refractivity contribution in [2.24, 2.45) is 5.92 Å². The molecule has 2 unspecified atom stereocenters. The van der Waals surface area contributed by atoms with Gasteiger partial charge in [-0.1, -0.05) is 6.92 Å². The largest absolute Gasteiger partial charge is 0.481 e. The van der Waals surface area contributed by atoms with E-state index in [1.54, 1.807) is 19.4 Å². The van der Waals surface area contributed by atoms with Gasteiger partial charge in [-0.05, 0) is 24.8 Å². The van der Waals surface area contributed by atoms with Gasteiger partial charge in [-0.2, -0.15) is 0 Å². The first-order valence-electron chi connectivity index (χ1n) is 6.13. The Morgan fingerprint density at radius 1 is 1.61 bits per heavy atom. The minimum atomic E-state index is -0.766. The second-order valence-corrected chi connectivity index (χ2v) is 4.65. The van der Waals surface area contributed by atoms with Crippen LogP contribution in [0.25, 0.3) is 0 Å². The van der Waals surface area contributed by atoms with Crippen LogP contribution in [0, 0.1) is 5.92 Å². The van der Waals surface area contributed by atoms with Crippen LogP contribution >= 0.6 is 0 Å². The van der Waals surface area contributed by atoms with Gasteiger partial charge in [0, 0.05) is 24.5 Å². The van der Waals surface area contributed by atoms with E-state index in [0.717, 1.165) is 25.1 Å². The molecule has 1 aromatic heterocycles. The molecule has 1 saturated heterocycles. The molecule has 0 bridgehead atoms. The lowest BCUT2D eigenvalue weighted by molar-refractivity contribution is -0.140. The summed E-state index contributed by atoms with van der Waals surface area (Å²) in [6.45, 7) is 2.75. The van der Waals surface area contributed by atoms with Crippen molar-refractivity contribution in [3.63, 3.8) is 0 Å². The van der Waals surface area contributed by atoms with Gasteiger partial charge in [-0.15, -0.1) is 0 Å². The van der Waals surface area contributed by atoms with Gasteiger partial charge in [0.2, 0.25) is 5.88 Å². The molecule has 1 N–H and O–H groups in total. The number of aromatic nitrogens is 1. The maximum absolute atomic E-state index is 11.4. The number of hydrogen-bond donors (Lipinski definition) is 1. The van der Waals surface area contributed by atoms with Gasteiger partial charge in [0.15, 0.2) is 0 Å². The molecule has 0 aromatic carbocycles. The second kappa shape index (κ2) is 5.25. The van der Waals surface area contributed by atoms with E-state index in [-0.39, 0.29) is 5.92 Å². The molecule has 2 rings (SSSR count). The van der Waals surface area contributed by atoms with E-state index in [4.69, 9.17) is 4.74 Å². The van der Waals surface area contributed by atoms with Gasteiger partial charge in [0.05, 0.1) is 7.11 Å². The van der Waals surface area contributed by atoms with Crippen LogP contribution in [0.1, 0.15) is 19.8 Å². The lowest BCUT2D eigenvalue weighted by atomic mass is 9.90. The summed E-state index contributed by atoms with van der Waals surface area (Å²) in [6, 6.07) is 3.15. The molecule has 2 heterocycles. The number of methoxy groups -OCH3 is 1. The Hall–Kier alpha value is -1.78. The number of aliphatic carboxylic acids is 1. The minimum absolute atomic E-state index is 0.149. The minimum Gasteiger partial charge on any atom is -0.481 e. The molecule has 0 saturated carbocycles. The number of carboxylic acids is 1. The molecule has 2 atom stereocenters. The molecule has 0 radical (unpaired) electrons. The van der Waals surface area contributed by atoms with Crippen molar-refractivity contribution >= 4 is 11.7 Å². The molecule has 98 valence electrons. The zero-order valence-corrected chi connectivity index (χ0v) is 10.7. The fourth-order valence-electron chi connectivity index (χ4n) is 2.54. The van der Waals surface area contributed by atoms with Gasteiger partial charge >= 0.3 is 5.97 Å². The van der Waals surface area contributed by atoms with E-state index < -0.39 is 12.0 Å². The summed E-state index contributed by atoms with van der Waals surface area (Å²) in [5.41, 5.74) is 0.862. The van der Waals surface area contributed by atoms with Crippen LogP contribution in [0.3, 0.4) is 0 Å². The first-order valence-corrected chi connectivity index (χ1v) is 6.13. The first kappa shape index (κ1) is 12.7. The van der Waals surface area contributed by atoms with Gasteiger partial charge in [0.25, 0.3) is 0 Å². The Morgan fingerprint density at radius 3 is 3.06 bits per heavy atom. The van der Waals surface area contributed by atoms with E-state index in [1.807, 2.05) is 17.9 Å². The fourth-order valence-corrected chi connectivity index (χ4v) is 2.54. The van der Waals surface area contributed by atoms with Crippen LogP contribution in [0.5, 0.6) is 5.88 Å². The number of carboxylic acid groups (broad SMARTS) is 1. The van der Waals surface area contributed by atoms with Gasteiger partial charge in [-0.25, -0.2) is 9.78 Å². The Morgan fingerprint density at radius 2 is 2.39 bits per heavy atom. The Bertz CT molecular complexity index is 436. The summed E-state index contributed by atoms with van der Waals surface area (Å²) in [5.74, 6) is -0.108. The predicted octanol–water partition coefficient (Wildman–Crippen LogP) is 1.78. The van der Waals surface area contributed by atoms with Crippen molar-refractivity contribution in [3.05, 3.63) is 18.3 Å². The Labute approximate surface area is 106 Å². The molecule has 18 heavy (non-hydrogen) atoms. The van der Waals surface area contributed by atoms with Crippen molar-refractivity contribution in [1.29, 1.82) is 0 Å². The van der Waals surface area contributed by atoms with Crippen LogP contribution in [-0.2, 0) is 4.79 Å². The molecule has 5 nitrogen and oxygen atoms in total. The molecular weight excluding hydrogens is 232 g/mol. The molecule has 1 fully saturated rings. The van der Waals surface area contributed by atoms with Crippen molar-refractivity contribution in [2.45, 2.75) is 25.8 Å². The number of carbonyl (C=O) groups is 1. The maximum atomic E-state index is 11.4. The third kappa shape index (κ3) is 2.39. The highest BCUT2D eigenvalue weighted by Gasteiger charge is 2.34. The number of rotatable bonds is 3. The highest BCUT2D eigenvalue weighted by atomic mass is 16.5. The third-order valence-corrected chi connectivity index (χ3v) is 3.45. The maximum Gasteiger partial charge on any atom is 0.326 e. The van der Waals surface area contributed by atoms with E-state index in [1.165, 1.54) is 0 Å². The van der Waals surface area contributed by atoms with Crippen LogP contribution in [0.2, 0.25) is 0 Å². The van der Waals surface area contributed by atoms with Crippen LogP contribution < -0.4 is 9.64 Å². The summed E-state index contributed by atoms with van der Waals surface area (Å²) >= 11 is 0. The highest BCUT2D eigenvalue weighted by Crippen LogP contribution is 2.29. The number of pyridine rings is 1. The number of nitrogens with zero attached hydrogens (tertiary/aromatic N) is 2. The zero-order chi connectivity index (χ0) is 13.1. The van der Waals surface area contributed by atoms with Crippen LogP contribution in [0.15, 0.2) is 18.3 Å². The van der Waals surface area contributed by atoms with Gasteiger partial charge < -0.3 is 14.7 Å². The standard InChI is InChI=1S/C13H18N2O3/c1-9-4-3-7-15(12(9)13(16)17)10-5-6-14-11(8-10)18-2/h5-6,8-9,12H,3-4,7H2,1-2H3,(H,16,17). The van der Waals surface area contributed by atoms with Gasteiger partial charge in [0.1, 0.15) is 6.04 Å². The highest BCUT2D eigenvalue weighted by molar-refractivity contribution is 5.79. The molecule has 5 heteroatoms. The van der Waals surface area contributed by atoms with E-state index in [2.05, 4.69) is 4.98 Å². The van der Waals surface area contributed by atoms with Crippen LogP contribution in [-0.4, -0.2) is 35.8 Å². The average molecular weight is 250 g/mol. The normalized spacial score (nSPS) is 23.8. The molecule has 0 aliphatic carbocycles. The molecule has 1 aliphatic rings. The topological polar surface area (TPSA) is 62.7 Å². The summed E-state index contributed by atoms with van der Waals surface area (Å²) in [6.07, 6.45) is 3.61. The third-order valence-electron chi connectivity index (χ3n) is 3.45. The van der Waals surface area contributed by atoms with E-state index in [0.29, 0.717) is 5.88 Å². The molecule has 0 amide bonds. The second-order valence-electron chi connectivity index (χ2n) is 4.65. The average Bonchev–Trinajstić information content (AvgIpc) is 2.38. The molecule has 1 aromatic rings. The summed E-state index contributed by atoms with van der Waals surface area (Å²) < 4.78 is 5.08. The summed E-state index contributed by atoms with van der Waals surface area (Å²) in [5, 5.41) is 9.38. The first-order chi connectivity index (χ1) is 8.63. The number of anilines is 1. The molecule has 1 aliphatic heterocycles. The number of ether oxygens (including phenoxy) is 1. The molecule has 0 spiro atoms. The number of piperidine rings is 1. The Kier molecular flexibility index (Phi) is 3.69. The smallest absolute Gasteiger partial charge is 0.326 e. The Balaban J connectivity index is 2.31. The van der Waals surface area contributed by atoms with Crippen molar-refractivity contribution < 1.29 is 14.6 Å². The van der Waals surface area contributed by atoms with Crippen molar-refractivity contribution in [2.75, 3.05) is 18.6 Å². The van der Waals surface area contributed by atoms with Gasteiger partial charge in [-0.3, -0.25) is 0 Å². The predicted molar refractivity (Wildman–Crippen MR) is 68.0 cm³/mol. The summed E-state index contributed by atoms with van der Waals surface area (Å²) in [4.78, 5) is 17.4. The van der Waals surface area contributed by atoms with Crippen molar-refractivity contribution in [3.8, 4) is 5.88 Å². The lowest BCUT2D eigenvalue weighted by Gasteiger charge is -2.38. The van der Waals surface area contributed by atoms with Crippen LogP contribution in [0.4, 0.5) is 5.69 Å². The van der Waals surface area contributed by atoms with E-state index in [9.17, 15) is 9.90 Å².